The molecule has 3 nitrogen and oxygen atoms in total. The van der Waals surface area contributed by atoms with Crippen LogP contribution in [0.15, 0.2) is 24.3 Å². The zero-order valence-corrected chi connectivity index (χ0v) is 9.40. The molecule has 1 aromatic rings. The van der Waals surface area contributed by atoms with Crippen molar-refractivity contribution in [1.29, 1.82) is 0 Å². The molecule has 4 heteroatoms. The first-order valence-electron chi connectivity index (χ1n) is 5.53. The second kappa shape index (κ2) is 4.30. The monoisotopic (exact) mass is 218 g/mol. The molecule has 1 aromatic carbocycles. The van der Waals surface area contributed by atoms with Gasteiger partial charge in [0.05, 0.1) is 5.41 Å². The summed E-state index contributed by atoms with van der Waals surface area (Å²) in [7, 11) is 2.00. The van der Waals surface area contributed by atoms with Gasteiger partial charge in [-0.2, -0.15) is 0 Å². The van der Waals surface area contributed by atoms with Gasteiger partial charge < -0.3 is 9.84 Å². The van der Waals surface area contributed by atoms with E-state index in [1.807, 2.05) is 32.1 Å². The number of rotatable bonds is 2. The highest BCUT2D eigenvalue weighted by atomic mass is 16.5. The van der Waals surface area contributed by atoms with Crippen LogP contribution in [0.5, 0.6) is 0 Å². The van der Waals surface area contributed by atoms with Crippen LogP contribution in [0.4, 0.5) is 0 Å². The van der Waals surface area contributed by atoms with Crippen molar-refractivity contribution in [2.24, 2.45) is 0 Å². The minimum atomic E-state index is -0.744. The summed E-state index contributed by atoms with van der Waals surface area (Å²) in [6, 6.07) is 7.79. The molecule has 1 fully saturated rings. The van der Waals surface area contributed by atoms with Gasteiger partial charge in [-0.25, -0.2) is 0 Å². The molecule has 0 bridgehead atoms. The van der Waals surface area contributed by atoms with Crippen LogP contribution in [0.3, 0.4) is 0 Å². The van der Waals surface area contributed by atoms with Crippen molar-refractivity contribution in [3.05, 3.63) is 29.8 Å². The van der Waals surface area contributed by atoms with Crippen molar-refractivity contribution in [2.75, 3.05) is 13.2 Å². The summed E-state index contributed by atoms with van der Waals surface area (Å²) < 4.78 is 5.26. The van der Waals surface area contributed by atoms with E-state index in [0.29, 0.717) is 26.1 Å². The van der Waals surface area contributed by atoms with Crippen LogP contribution in [-0.2, 0) is 14.9 Å². The Morgan fingerprint density at radius 2 is 1.81 bits per heavy atom. The maximum Gasteiger partial charge on any atom is 0.314 e. The number of hydrogen-bond donors (Lipinski definition) is 1. The third kappa shape index (κ3) is 1.85. The van der Waals surface area contributed by atoms with Crippen molar-refractivity contribution in [1.82, 2.24) is 0 Å². The Morgan fingerprint density at radius 3 is 2.31 bits per heavy atom. The Kier molecular flexibility index (Phi) is 3.01. The first-order valence-corrected chi connectivity index (χ1v) is 5.53. The van der Waals surface area contributed by atoms with Gasteiger partial charge in [0, 0.05) is 13.2 Å². The van der Waals surface area contributed by atoms with E-state index in [1.165, 1.54) is 0 Å². The first kappa shape index (κ1) is 11.2. The fourth-order valence-electron chi connectivity index (χ4n) is 2.22. The number of carboxylic acid groups (broad SMARTS) is 1. The molecular formula is C12H15BO3. The highest BCUT2D eigenvalue weighted by Crippen LogP contribution is 2.34. The molecule has 84 valence electrons. The molecule has 0 unspecified atom stereocenters. The van der Waals surface area contributed by atoms with Crippen LogP contribution >= 0.6 is 0 Å². The molecule has 0 aromatic heterocycles. The minimum absolute atomic E-state index is 0.528. The standard InChI is InChI=1S/C12H15BO3/c13-10-3-1-9(2-4-10)12(11(14)15)5-7-16-8-6-12/h1-4H,5-8,13H2,(H,14,15). The van der Waals surface area contributed by atoms with Crippen molar-refractivity contribution in [2.45, 2.75) is 18.3 Å². The number of hydrogen-bond acceptors (Lipinski definition) is 2. The van der Waals surface area contributed by atoms with Gasteiger partial charge >= 0.3 is 5.97 Å². The lowest BCUT2D eigenvalue weighted by Crippen LogP contribution is -2.41. The SMILES string of the molecule is Bc1ccc(C2(C(=O)O)CCOCC2)cc1. The highest BCUT2D eigenvalue weighted by molar-refractivity contribution is 6.32. The van der Waals surface area contributed by atoms with Crippen LogP contribution in [-0.4, -0.2) is 32.1 Å². The van der Waals surface area contributed by atoms with Crippen molar-refractivity contribution in [3.63, 3.8) is 0 Å². The maximum atomic E-state index is 11.5. The van der Waals surface area contributed by atoms with Crippen LogP contribution in [0.1, 0.15) is 18.4 Å². The van der Waals surface area contributed by atoms with Gasteiger partial charge in [0.2, 0.25) is 0 Å². The van der Waals surface area contributed by atoms with Gasteiger partial charge in [0.15, 0.2) is 0 Å². The van der Waals surface area contributed by atoms with Gasteiger partial charge in [0.25, 0.3) is 0 Å². The Labute approximate surface area is 95.8 Å². The molecule has 1 N–H and O–H groups in total. The molecule has 0 amide bonds. The minimum Gasteiger partial charge on any atom is -0.481 e. The summed E-state index contributed by atoms with van der Waals surface area (Å²) in [5.41, 5.74) is 1.30. The van der Waals surface area contributed by atoms with Crippen LogP contribution in [0.2, 0.25) is 0 Å². The predicted molar refractivity (Wildman–Crippen MR) is 64.0 cm³/mol. The molecule has 0 atom stereocenters. The molecule has 0 radical (unpaired) electrons. The fraction of sp³-hybridized carbons (Fsp3) is 0.417. The summed E-state index contributed by atoms with van der Waals surface area (Å²) in [6.45, 7) is 1.06. The maximum absolute atomic E-state index is 11.5. The summed E-state index contributed by atoms with van der Waals surface area (Å²) in [5, 5.41) is 9.46. The van der Waals surface area contributed by atoms with E-state index in [0.717, 1.165) is 11.0 Å². The Balaban J connectivity index is 2.38. The lowest BCUT2D eigenvalue weighted by molar-refractivity contribution is -0.147. The normalized spacial score (nSPS) is 19.2. The third-order valence-corrected chi connectivity index (χ3v) is 3.36. The predicted octanol–water partition coefficient (Wildman–Crippen LogP) is 0.0778. The number of aliphatic carboxylic acids is 1. The molecule has 0 saturated carbocycles. The van der Waals surface area contributed by atoms with E-state index in [9.17, 15) is 9.90 Å². The highest BCUT2D eigenvalue weighted by Gasteiger charge is 2.41. The lowest BCUT2D eigenvalue weighted by Gasteiger charge is -2.33. The van der Waals surface area contributed by atoms with E-state index in [1.54, 1.807) is 0 Å². The van der Waals surface area contributed by atoms with Crippen molar-refractivity contribution in [3.8, 4) is 0 Å². The second-order valence-electron chi connectivity index (χ2n) is 4.37. The van der Waals surface area contributed by atoms with Crippen LogP contribution in [0, 0.1) is 0 Å². The molecular weight excluding hydrogens is 203 g/mol. The topological polar surface area (TPSA) is 46.5 Å². The molecule has 1 saturated heterocycles. The zero-order chi connectivity index (χ0) is 11.6. The summed E-state index contributed by atoms with van der Waals surface area (Å²) in [5.74, 6) is -0.736. The quantitative estimate of drug-likeness (QED) is 0.715. The summed E-state index contributed by atoms with van der Waals surface area (Å²) in [6.07, 6.45) is 1.12. The van der Waals surface area contributed by atoms with Crippen LogP contribution < -0.4 is 5.46 Å². The molecule has 0 spiro atoms. The van der Waals surface area contributed by atoms with Crippen molar-refractivity contribution >= 4 is 19.3 Å². The summed E-state index contributed by atoms with van der Waals surface area (Å²) >= 11 is 0. The van der Waals surface area contributed by atoms with Gasteiger partial charge in [0.1, 0.15) is 7.85 Å². The van der Waals surface area contributed by atoms with E-state index in [-0.39, 0.29) is 0 Å². The molecule has 16 heavy (non-hydrogen) atoms. The van der Waals surface area contributed by atoms with E-state index in [4.69, 9.17) is 4.74 Å². The van der Waals surface area contributed by atoms with Gasteiger partial charge in [-0.3, -0.25) is 4.79 Å². The second-order valence-corrected chi connectivity index (χ2v) is 4.37. The zero-order valence-electron chi connectivity index (χ0n) is 9.40. The molecule has 0 aliphatic carbocycles. The number of carboxylic acids is 1. The third-order valence-electron chi connectivity index (χ3n) is 3.36. The molecule has 1 aliphatic rings. The fourth-order valence-corrected chi connectivity index (χ4v) is 2.22. The average molecular weight is 218 g/mol. The van der Waals surface area contributed by atoms with E-state index >= 15 is 0 Å². The number of benzene rings is 1. The summed E-state index contributed by atoms with van der Waals surface area (Å²) in [4.78, 5) is 11.5. The van der Waals surface area contributed by atoms with E-state index < -0.39 is 11.4 Å². The smallest absolute Gasteiger partial charge is 0.314 e. The van der Waals surface area contributed by atoms with Crippen molar-refractivity contribution < 1.29 is 14.6 Å². The number of carbonyl (C=O) groups is 1. The Bertz CT molecular complexity index is 380. The van der Waals surface area contributed by atoms with E-state index in [2.05, 4.69) is 0 Å². The largest absolute Gasteiger partial charge is 0.481 e. The Hall–Kier alpha value is -1.29. The van der Waals surface area contributed by atoms with Gasteiger partial charge in [-0.1, -0.05) is 29.7 Å². The first-order chi connectivity index (χ1) is 7.65. The molecule has 1 heterocycles. The molecule has 1 aliphatic heterocycles. The van der Waals surface area contributed by atoms with Gasteiger partial charge in [-0.05, 0) is 18.4 Å². The lowest BCUT2D eigenvalue weighted by atomic mass is 9.73. The number of ether oxygens (including phenoxy) is 1. The van der Waals surface area contributed by atoms with Crippen LogP contribution in [0.25, 0.3) is 0 Å². The average Bonchev–Trinajstić information content (AvgIpc) is 2.30. The van der Waals surface area contributed by atoms with Gasteiger partial charge in [-0.15, -0.1) is 0 Å². The Morgan fingerprint density at radius 1 is 1.25 bits per heavy atom. The molecule has 2 rings (SSSR count).